The van der Waals surface area contributed by atoms with Crippen molar-refractivity contribution in [3.8, 4) is 11.8 Å². The molecule has 0 spiro atoms. The van der Waals surface area contributed by atoms with Crippen LogP contribution in [0, 0.1) is 41.3 Å². The van der Waals surface area contributed by atoms with Gasteiger partial charge in [0, 0.05) is 17.5 Å². The molecular weight excluding hydrogens is 413 g/mol. The van der Waals surface area contributed by atoms with Crippen molar-refractivity contribution in [3.63, 3.8) is 0 Å². The lowest BCUT2D eigenvalue weighted by molar-refractivity contribution is -0.120. The van der Waals surface area contributed by atoms with Crippen LogP contribution in [0.2, 0.25) is 0 Å². The molecule has 1 N–H and O–H groups in total. The number of benzene rings is 1. The van der Waals surface area contributed by atoms with E-state index in [-0.39, 0.29) is 17.6 Å². The highest BCUT2D eigenvalue weighted by atomic mass is 19.1. The molecule has 5 rings (SSSR count). The summed E-state index contributed by atoms with van der Waals surface area (Å²) in [5.41, 5.74) is 3.49. The minimum atomic E-state index is -0.210. The second-order valence-electron chi connectivity index (χ2n) is 9.57. The van der Waals surface area contributed by atoms with E-state index >= 15 is 0 Å². The van der Waals surface area contributed by atoms with Gasteiger partial charge in [-0.15, -0.1) is 0 Å². The quantitative estimate of drug-likeness (QED) is 0.510. The highest BCUT2D eigenvalue weighted by molar-refractivity contribution is 5.92. The number of nitrogens with zero attached hydrogens (tertiary/aromatic N) is 2. The number of amides is 1. The van der Waals surface area contributed by atoms with Crippen molar-refractivity contribution in [2.24, 2.45) is 23.7 Å². The van der Waals surface area contributed by atoms with Crippen LogP contribution in [0.4, 0.5) is 10.1 Å². The predicted octanol–water partition coefficient (Wildman–Crippen LogP) is 5.93. The standard InChI is InChI=1S/C28H28FN3O/c1-3-4-23-6-7-24(16-31-23)32-28(33)17(2)18-11-19-13-21(14-20(19)12-18)25-9-10-30-27-8-5-22(29)15-26(25)27/h5-10,15-21H,11-14H2,1-2H3,(H,32,33)/t17?,18?,19-,20?,21?/m0/s1. The molecule has 3 aromatic rings. The number of halogens is 1. The Labute approximate surface area is 194 Å². The van der Waals surface area contributed by atoms with Gasteiger partial charge in [0.1, 0.15) is 11.5 Å². The number of pyridine rings is 2. The molecule has 2 aliphatic carbocycles. The molecule has 1 amide bonds. The van der Waals surface area contributed by atoms with Crippen molar-refractivity contribution in [1.29, 1.82) is 0 Å². The summed E-state index contributed by atoms with van der Waals surface area (Å²) in [6.07, 6.45) is 7.88. The first-order chi connectivity index (χ1) is 16.0. The Morgan fingerprint density at radius 2 is 1.88 bits per heavy atom. The molecule has 5 heteroatoms. The summed E-state index contributed by atoms with van der Waals surface area (Å²) in [5.74, 6) is 7.62. The molecule has 1 aromatic carbocycles. The molecule has 2 aliphatic rings. The number of anilines is 1. The number of hydrogen-bond acceptors (Lipinski definition) is 3. The molecule has 4 nitrogen and oxygen atoms in total. The topological polar surface area (TPSA) is 54.9 Å². The SMILES string of the molecule is CC#Cc1ccc(NC(=O)C(C)C2CC3CC(c4ccnc5ccc(F)cc45)C[C@@H]3C2)cn1. The zero-order valence-corrected chi connectivity index (χ0v) is 19.0. The van der Waals surface area contributed by atoms with Gasteiger partial charge >= 0.3 is 0 Å². The van der Waals surface area contributed by atoms with Gasteiger partial charge < -0.3 is 5.32 Å². The van der Waals surface area contributed by atoms with Crippen molar-refractivity contribution >= 4 is 22.5 Å². The number of nitrogens with one attached hydrogen (secondary N) is 1. The fourth-order valence-corrected chi connectivity index (χ4v) is 5.96. The molecular formula is C28H28FN3O. The van der Waals surface area contributed by atoms with E-state index in [9.17, 15) is 9.18 Å². The van der Waals surface area contributed by atoms with Crippen LogP contribution in [0.15, 0.2) is 48.8 Å². The lowest BCUT2D eigenvalue weighted by Gasteiger charge is -2.21. The van der Waals surface area contributed by atoms with Crippen LogP contribution in [-0.2, 0) is 4.79 Å². The van der Waals surface area contributed by atoms with Gasteiger partial charge in [-0.3, -0.25) is 9.78 Å². The van der Waals surface area contributed by atoms with Crippen molar-refractivity contribution in [2.75, 3.05) is 5.32 Å². The van der Waals surface area contributed by atoms with Gasteiger partial charge in [-0.1, -0.05) is 12.8 Å². The van der Waals surface area contributed by atoms with E-state index in [1.165, 1.54) is 11.6 Å². The summed E-state index contributed by atoms with van der Waals surface area (Å²) < 4.78 is 13.9. The van der Waals surface area contributed by atoms with Crippen LogP contribution in [0.3, 0.4) is 0 Å². The third-order valence-corrected chi connectivity index (χ3v) is 7.63. The largest absolute Gasteiger partial charge is 0.324 e. The molecule has 5 atom stereocenters. The summed E-state index contributed by atoms with van der Waals surface area (Å²) in [7, 11) is 0. The molecule has 2 fully saturated rings. The molecule has 2 heterocycles. The van der Waals surface area contributed by atoms with E-state index in [0.717, 1.165) is 36.6 Å². The average Bonchev–Trinajstić information content (AvgIpc) is 3.39. The first-order valence-corrected chi connectivity index (χ1v) is 11.8. The van der Waals surface area contributed by atoms with Crippen LogP contribution in [-0.4, -0.2) is 15.9 Å². The molecule has 0 bridgehead atoms. The van der Waals surface area contributed by atoms with Gasteiger partial charge in [-0.2, -0.15) is 0 Å². The number of fused-ring (bicyclic) bond motifs is 2. The Bertz CT molecular complexity index is 1230. The molecule has 0 radical (unpaired) electrons. The number of carbonyl (C=O) groups is 1. The first-order valence-electron chi connectivity index (χ1n) is 11.8. The Balaban J connectivity index is 1.22. The Morgan fingerprint density at radius 3 is 2.58 bits per heavy atom. The summed E-state index contributed by atoms with van der Waals surface area (Å²) in [4.78, 5) is 21.6. The van der Waals surface area contributed by atoms with Crippen molar-refractivity contribution in [3.05, 3.63) is 65.9 Å². The van der Waals surface area contributed by atoms with Crippen LogP contribution in [0.25, 0.3) is 10.9 Å². The van der Waals surface area contributed by atoms with Gasteiger partial charge in [-0.05, 0) is 104 Å². The van der Waals surface area contributed by atoms with E-state index in [4.69, 9.17) is 0 Å². The molecule has 2 saturated carbocycles. The van der Waals surface area contributed by atoms with Crippen LogP contribution in [0.5, 0.6) is 0 Å². The molecule has 168 valence electrons. The zero-order chi connectivity index (χ0) is 22.9. The van der Waals surface area contributed by atoms with E-state index in [0.29, 0.717) is 35.1 Å². The highest BCUT2D eigenvalue weighted by Crippen LogP contribution is 2.54. The maximum atomic E-state index is 13.9. The normalized spacial score (nSPS) is 24.7. The van der Waals surface area contributed by atoms with Gasteiger partial charge in [0.2, 0.25) is 5.91 Å². The average molecular weight is 442 g/mol. The fourth-order valence-electron chi connectivity index (χ4n) is 5.96. The number of hydrogen-bond donors (Lipinski definition) is 1. The predicted molar refractivity (Wildman–Crippen MR) is 128 cm³/mol. The monoisotopic (exact) mass is 441 g/mol. The number of aromatic nitrogens is 2. The highest BCUT2D eigenvalue weighted by Gasteiger charge is 2.44. The summed E-state index contributed by atoms with van der Waals surface area (Å²) in [6, 6.07) is 10.6. The third kappa shape index (κ3) is 4.35. The molecule has 0 saturated heterocycles. The van der Waals surface area contributed by atoms with Gasteiger partial charge in [0.25, 0.3) is 0 Å². The van der Waals surface area contributed by atoms with E-state index in [1.807, 2.05) is 25.3 Å². The molecule has 33 heavy (non-hydrogen) atoms. The van der Waals surface area contributed by atoms with Crippen LogP contribution >= 0.6 is 0 Å². The Hall–Kier alpha value is -3.26. The number of carbonyl (C=O) groups excluding carboxylic acids is 1. The molecule has 4 unspecified atom stereocenters. The van der Waals surface area contributed by atoms with Crippen molar-refractivity contribution < 1.29 is 9.18 Å². The number of rotatable bonds is 4. The van der Waals surface area contributed by atoms with Gasteiger partial charge in [0.05, 0.1) is 17.4 Å². The van der Waals surface area contributed by atoms with E-state index in [1.54, 1.807) is 25.3 Å². The maximum absolute atomic E-state index is 13.9. The summed E-state index contributed by atoms with van der Waals surface area (Å²) in [5, 5.41) is 3.96. The second kappa shape index (κ2) is 8.94. The van der Waals surface area contributed by atoms with E-state index in [2.05, 4.69) is 33.2 Å². The van der Waals surface area contributed by atoms with Gasteiger partial charge in [-0.25, -0.2) is 9.37 Å². The molecule has 2 aromatic heterocycles. The Kier molecular flexibility index (Phi) is 5.85. The summed E-state index contributed by atoms with van der Waals surface area (Å²) in [6.45, 7) is 3.82. The van der Waals surface area contributed by atoms with E-state index < -0.39 is 0 Å². The minimum Gasteiger partial charge on any atom is -0.324 e. The molecule has 0 aliphatic heterocycles. The maximum Gasteiger partial charge on any atom is 0.227 e. The third-order valence-electron chi connectivity index (χ3n) is 7.63. The minimum absolute atomic E-state index is 0.0417. The Morgan fingerprint density at radius 1 is 1.09 bits per heavy atom. The lowest BCUT2D eigenvalue weighted by Crippen LogP contribution is -2.26. The fraction of sp³-hybridized carbons (Fsp3) is 0.393. The van der Waals surface area contributed by atoms with Crippen molar-refractivity contribution in [2.45, 2.75) is 45.4 Å². The zero-order valence-electron chi connectivity index (χ0n) is 19.0. The summed E-state index contributed by atoms with van der Waals surface area (Å²) >= 11 is 0. The van der Waals surface area contributed by atoms with Gasteiger partial charge in [0.15, 0.2) is 0 Å². The first kappa shape index (κ1) is 21.6. The van der Waals surface area contributed by atoms with Crippen molar-refractivity contribution in [1.82, 2.24) is 9.97 Å². The smallest absolute Gasteiger partial charge is 0.227 e. The second-order valence-corrected chi connectivity index (χ2v) is 9.57. The van der Waals surface area contributed by atoms with Crippen LogP contribution < -0.4 is 5.32 Å². The lowest BCUT2D eigenvalue weighted by atomic mass is 9.86. The van der Waals surface area contributed by atoms with Crippen LogP contribution in [0.1, 0.15) is 56.7 Å².